The fourth-order valence-electron chi connectivity index (χ4n) is 3.33. The van der Waals surface area contributed by atoms with Crippen LogP contribution in [0.5, 0.6) is 11.5 Å². The summed E-state index contributed by atoms with van der Waals surface area (Å²) in [4.78, 5) is 38.2. The Balaban J connectivity index is 1.96. The van der Waals surface area contributed by atoms with E-state index < -0.39 is 22.9 Å². The number of carbonyl (C=O) groups excluding carboxylic acids is 1. The highest BCUT2D eigenvalue weighted by atomic mass is 16.5. The van der Waals surface area contributed by atoms with Crippen molar-refractivity contribution in [2.75, 3.05) is 14.2 Å². The van der Waals surface area contributed by atoms with Gasteiger partial charge in [-0.1, -0.05) is 0 Å². The molecule has 8 nitrogen and oxygen atoms in total. The average molecular weight is 422 g/mol. The molecule has 4 rings (SSSR count). The number of esters is 1. The van der Waals surface area contributed by atoms with Crippen molar-refractivity contribution < 1.29 is 27.8 Å². The first kappa shape index (κ1) is 20.2. The number of benzene rings is 2. The molecule has 0 fully saturated rings. The molecule has 0 spiro atoms. The number of carbonyl (C=O) groups is 1. The molecule has 0 aliphatic heterocycles. The second kappa shape index (κ2) is 7.98. The molecule has 0 aliphatic carbocycles. The van der Waals surface area contributed by atoms with Crippen LogP contribution in [-0.4, -0.2) is 20.2 Å². The van der Waals surface area contributed by atoms with Crippen molar-refractivity contribution in [3.8, 4) is 11.5 Å². The molecular formula is C23H18O8. The second-order valence-electron chi connectivity index (χ2n) is 6.75. The number of ether oxygens (including phenoxy) is 3. The number of hydrogen-bond acceptors (Lipinski definition) is 8. The SMILES string of the molecule is COc1ccc2occ(C(OC(C)=O)c3coc4ccc(OC)cc4c3=O)c(=O)c2c1. The summed E-state index contributed by atoms with van der Waals surface area (Å²) in [5.41, 5.74) is -0.318. The van der Waals surface area contributed by atoms with Crippen LogP contribution in [0.25, 0.3) is 21.9 Å². The van der Waals surface area contributed by atoms with Gasteiger partial charge in [-0.15, -0.1) is 0 Å². The maximum absolute atomic E-state index is 13.2. The zero-order valence-corrected chi connectivity index (χ0v) is 17.0. The van der Waals surface area contributed by atoms with Crippen molar-refractivity contribution in [3.63, 3.8) is 0 Å². The van der Waals surface area contributed by atoms with Gasteiger partial charge in [0.2, 0.25) is 0 Å². The Hall–Kier alpha value is -4.07. The fraction of sp³-hybridized carbons (Fsp3) is 0.174. The van der Waals surface area contributed by atoms with E-state index in [0.29, 0.717) is 22.7 Å². The van der Waals surface area contributed by atoms with E-state index in [1.165, 1.54) is 45.8 Å². The van der Waals surface area contributed by atoms with E-state index in [4.69, 9.17) is 23.0 Å². The van der Waals surface area contributed by atoms with Crippen LogP contribution >= 0.6 is 0 Å². The van der Waals surface area contributed by atoms with Crippen LogP contribution in [0.1, 0.15) is 24.2 Å². The maximum Gasteiger partial charge on any atom is 0.303 e. The summed E-state index contributed by atoms with van der Waals surface area (Å²) < 4.78 is 26.9. The molecule has 0 saturated heterocycles. The molecule has 0 N–H and O–H groups in total. The molecule has 2 heterocycles. The Morgan fingerprint density at radius 3 is 1.65 bits per heavy atom. The molecule has 2 aromatic carbocycles. The van der Waals surface area contributed by atoms with Gasteiger partial charge in [-0.25, -0.2) is 0 Å². The summed E-state index contributed by atoms with van der Waals surface area (Å²) in [5.74, 6) is 0.233. The van der Waals surface area contributed by atoms with Gasteiger partial charge in [0, 0.05) is 6.92 Å². The van der Waals surface area contributed by atoms with E-state index >= 15 is 0 Å². The Morgan fingerprint density at radius 2 is 1.26 bits per heavy atom. The standard InChI is InChI=1S/C23H18O8/c1-12(24)31-23(17-10-29-19-6-4-13(27-2)8-15(19)21(17)25)18-11-30-20-7-5-14(28-3)9-16(20)22(18)26/h4-11,23H,1-3H3. The number of fused-ring (bicyclic) bond motifs is 2. The maximum atomic E-state index is 13.2. The monoisotopic (exact) mass is 422 g/mol. The van der Waals surface area contributed by atoms with Gasteiger partial charge in [-0.05, 0) is 36.4 Å². The van der Waals surface area contributed by atoms with Crippen LogP contribution in [0, 0.1) is 0 Å². The van der Waals surface area contributed by atoms with E-state index in [2.05, 4.69) is 0 Å². The second-order valence-corrected chi connectivity index (χ2v) is 6.75. The third-order valence-corrected chi connectivity index (χ3v) is 4.86. The minimum absolute atomic E-state index is 0.0227. The molecule has 2 aromatic heterocycles. The lowest BCUT2D eigenvalue weighted by Crippen LogP contribution is -2.23. The Bertz CT molecular complexity index is 1310. The van der Waals surface area contributed by atoms with Gasteiger partial charge in [0.15, 0.2) is 17.0 Å². The van der Waals surface area contributed by atoms with Gasteiger partial charge in [0.1, 0.15) is 35.2 Å². The molecule has 0 saturated carbocycles. The first-order valence-corrected chi connectivity index (χ1v) is 9.29. The minimum Gasteiger partial charge on any atom is -0.497 e. The predicted octanol–water partition coefficient (Wildman–Crippen LogP) is 3.57. The lowest BCUT2D eigenvalue weighted by Gasteiger charge is -2.16. The number of hydrogen-bond donors (Lipinski definition) is 0. The highest BCUT2D eigenvalue weighted by Crippen LogP contribution is 2.27. The first-order chi connectivity index (χ1) is 14.9. The highest BCUT2D eigenvalue weighted by Gasteiger charge is 2.27. The van der Waals surface area contributed by atoms with E-state index in [9.17, 15) is 14.4 Å². The highest BCUT2D eigenvalue weighted by molar-refractivity contribution is 5.80. The minimum atomic E-state index is -1.32. The van der Waals surface area contributed by atoms with Gasteiger partial charge in [-0.2, -0.15) is 0 Å². The summed E-state index contributed by atoms with van der Waals surface area (Å²) in [6.07, 6.45) is 1.04. The summed E-state index contributed by atoms with van der Waals surface area (Å²) in [7, 11) is 2.95. The van der Waals surface area contributed by atoms with Crippen molar-refractivity contribution in [2.45, 2.75) is 13.0 Å². The van der Waals surface area contributed by atoms with Crippen LogP contribution in [0.3, 0.4) is 0 Å². The van der Waals surface area contributed by atoms with Crippen molar-refractivity contribution >= 4 is 27.9 Å². The lowest BCUT2D eigenvalue weighted by atomic mass is 10.0. The van der Waals surface area contributed by atoms with Gasteiger partial charge in [-0.3, -0.25) is 14.4 Å². The Labute approximate surface area is 175 Å². The smallest absolute Gasteiger partial charge is 0.303 e. The Morgan fingerprint density at radius 1 is 0.806 bits per heavy atom. The molecule has 158 valence electrons. The van der Waals surface area contributed by atoms with E-state index in [-0.39, 0.29) is 21.9 Å². The van der Waals surface area contributed by atoms with Crippen molar-refractivity contribution in [2.24, 2.45) is 0 Å². The third-order valence-electron chi connectivity index (χ3n) is 4.86. The number of rotatable bonds is 5. The van der Waals surface area contributed by atoms with Gasteiger partial charge in [0.25, 0.3) is 0 Å². The van der Waals surface area contributed by atoms with E-state index in [1.54, 1.807) is 24.3 Å². The van der Waals surface area contributed by atoms with E-state index in [1.807, 2.05) is 0 Å². The first-order valence-electron chi connectivity index (χ1n) is 9.29. The molecule has 0 bridgehead atoms. The van der Waals surface area contributed by atoms with Gasteiger partial charge >= 0.3 is 5.97 Å². The lowest BCUT2D eigenvalue weighted by molar-refractivity contribution is -0.144. The summed E-state index contributed by atoms with van der Waals surface area (Å²) in [6, 6.07) is 9.53. The molecule has 4 aromatic rings. The topological polar surface area (TPSA) is 105 Å². The predicted molar refractivity (Wildman–Crippen MR) is 112 cm³/mol. The van der Waals surface area contributed by atoms with Crippen LogP contribution in [0.2, 0.25) is 0 Å². The van der Waals surface area contributed by atoms with Crippen LogP contribution in [0.4, 0.5) is 0 Å². The van der Waals surface area contributed by atoms with Gasteiger partial charge in [0.05, 0.1) is 36.1 Å². The molecule has 0 aliphatic rings. The van der Waals surface area contributed by atoms with Crippen molar-refractivity contribution in [1.82, 2.24) is 0 Å². The molecule has 0 unspecified atom stereocenters. The zero-order chi connectivity index (χ0) is 22.1. The molecule has 31 heavy (non-hydrogen) atoms. The number of methoxy groups -OCH3 is 2. The quantitative estimate of drug-likeness (QED) is 0.450. The fourth-order valence-corrected chi connectivity index (χ4v) is 3.33. The van der Waals surface area contributed by atoms with Crippen LogP contribution in [-0.2, 0) is 9.53 Å². The largest absolute Gasteiger partial charge is 0.497 e. The average Bonchev–Trinajstić information content (AvgIpc) is 2.78. The van der Waals surface area contributed by atoms with Crippen molar-refractivity contribution in [3.05, 3.63) is 80.5 Å². The molecular weight excluding hydrogens is 404 g/mol. The normalized spacial score (nSPS) is 11.1. The zero-order valence-electron chi connectivity index (χ0n) is 17.0. The van der Waals surface area contributed by atoms with Crippen LogP contribution < -0.4 is 20.3 Å². The third kappa shape index (κ3) is 3.63. The summed E-state index contributed by atoms with van der Waals surface area (Å²) >= 11 is 0. The molecule has 8 heteroatoms. The molecule has 0 atom stereocenters. The van der Waals surface area contributed by atoms with Crippen LogP contribution in [0.15, 0.2) is 67.3 Å². The Kier molecular flexibility index (Phi) is 5.21. The van der Waals surface area contributed by atoms with E-state index in [0.717, 1.165) is 0 Å². The summed E-state index contributed by atoms with van der Waals surface area (Å²) in [5, 5.41) is 0.446. The molecule has 0 radical (unpaired) electrons. The van der Waals surface area contributed by atoms with Crippen molar-refractivity contribution in [1.29, 1.82) is 0 Å². The molecule has 0 amide bonds. The summed E-state index contributed by atoms with van der Waals surface area (Å²) in [6.45, 7) is 1.18. The van der Waals surface area contributed by atoms with Gasteiger partial charge < -0.3 is 23.0 Å².